The number of rotatable bonds is 4. The molecule has 0 fully saturated rings. The summed E-state index contributed by atoms with van der Waals surface area (Å²) in [4.78, 5) is 0. The van der Waals surface area contributed by atoms with E-state index in [4.69, 9.17) is 5.26 Å². The van der Waals surface area contributed by atoms with Crippen LogP contribution in [0, 0.1) is 17.1 Å². The first-order chi connectivity index (χ1) is 9.11. The fourth-order valence-corrected chi connectivity index (χ4v) is 1.82. The smallest absolute Gasteiger partial charge is 0.149 e. The lowest BCUT2D eigenvalue weighted by molar-refractivity contribution is 0.512. The van der Waals surface area contributed by atoms with E-state index in [1.165, 1.54) is 12.1 Å². The number of nitriles is 1. The van der Waals surface area contributed by atoms with E-state index in [1.54, 1.807) is 17.0 Å². The molecule has 0 spiro atoms. The second kappa shape index (κ2) is 5.59. The molecule has 1 N–H and O–H groups in total. The first-order valence-corrected chi connectivity index (χ1v) is 5.87. The molecule has 2 aromatic rings. The number of aryl methyl sites for hydroxylation is 1. The maximum Gasteiger partial charge on any atom is 0.149 e. The summed E-state index contributed by atoms with van der Waals surface area (Å²) in [6, 6.07) is 6.26. The van der Waals surface area contributed by atoms with Crippen molar-refractivity contribution in [2.24, 2.45) is 7.05 Å². The Kier molecular flexibility index (Phi) is 3.88. The highest BCUT2D eigenvalue weighted by molar-refractivity contribution is 5.33. The molecule has 5 nitrogen and oxygen atoms in total. The zero-order chi connectivity index (χ0) is 13.8. The van der Waals surface area contributed by atoms with Crippen LogP contribution in [0.4, 0.5) is 4.39 Å². The summed E-state index contributed by atoms with van der Waals surface area (Å²) in [7, 11) is 1.85. The van der Waals surface area contributed by atoms with Gasteiger partial charge in [-0.15, -0.1) is 10.2 Å². The lowest BCUT2D eigenvalue weighted by Gasteiger charge is -2.13. The van der Waals surface area contributed by atoms with E-state index in [0.717, 1.165) is 5.82 Å². The Labute approximate surface area is 110 Å². The molecule has 1 heterocycles. The summed E-state index contributed by atoms with van der Waals surface area (Å²) in [5, 5.41) is 19.8. The Morgan fingerprint density at radius 3 is 2.95 bits per heavy atom. The Bertz CT molecular complexity index is 614. The lowest BCUT2D eigenvalue weighted by atomic mass is 10.1. The van der Waals surface area contributed by atoms with Crippen LogP contribution < -0.4 is 5.32 Å². The van der Waals surface area contributed by atoms with Gasteiger partial charge < -0.3 is 9.88 Å². The molecule has 0 bridgehead atoms. The van der Waals surface area contributed by atoms with Gasteiger partial charge in [0.1, 0.15) is 18.0 Å². The number of nitrogens with zero attached hydrogens (tertiary/aromatic N) is 4. The van der Waals surface area contributed by atoms with Gasteiger partial charge in [-0.05, 0) is 25.1 Å². The quantitative estimate of drug-likeness (QED) is 0.907. The summed E-state index contributed by atoms with van der Waals surface area (Å²) in [5.74, 6) is 0.452. The minimum atomic E-state index is -0.323. The van der Waals surface area contributed by atoms with E-state index in [0.29, 0.717) is 17.7 Å². The molecule has 1 aromatic carbocycles. The van der Waals surface area contributed by atoms with Gasteiger partial charge in [0.05, 0.1) is 17.7 Å². The number of hydrogen-bond donors (Lipinski definition) is 1. The average Bonchev–Trinajstić information content (AvgIpc) is 2.84. The van der Waals surface area contributed by atoms with E-state index in [9.17, 15) is 4.39 Å². The first kappa shape index (κ1) is 13.2. The van der Waals surface area contributed by atoms with Gasteiger partial charge in [-0.2, -0.15) is 5.26 Å². The van der Waals surface area contributed by atoms with Gasteiger partial charge in [0.2, 0.25) is 0 Å². The zero-order valence-electron chi connectivity index (χ0n) is 10.8. The predicted octanol–water partition coefficient (Wildman–Crippen LogP) is 1.68. The molecule has 1 aromatic heterocycles. The third-order valence-electron chi connectivity index (χ3n) is 2.91. The van der Waals surface area contributed by atoms with Gasteiger partial charge in [0.15, 0.2) is 0 Å². The average molecular weight is 259 g/mol. The van der Waals surface area contributed by atoms with E-state index >= 15 is 0 Å². The van der Waals surface area contributed by atoms with Crippen LogP contribution in [0.2, 0.25) is 0 Å². The number of aromatic nitrogens is 3. The number of benzene rings is 1. The largest absolute Gasteiger partial charge is 0.319 e. The van der Waals surface area contributed by atoms with Crippen molar-refractivity contribution in [3.63, 3.8) is 0 Å². The topological polar surface area (TPSA) is 66.5 Å². The molecule has 0 amide bonds. The Balaban J connectivity index is 2.07. The van der Waals surface area contributed by atoms with Crippen LogP contribution in [0.25, 0.3) is 0 Å². The fraction of sp³-hybridized carbons (Fsp3) is 0.308. The summed E-state index contributed by atoms with van der Waals surface area (Å²) in [6.07, 6.45) is 1.62. The summed E-state index contributed by atoms with van der Waals surface area (Å²) in [6.45, 7) is 2.26. The van der Waals surface area contributed by atoms with Crippen LogP contribution >= 0.6 is 0 Å². The van der Waals surface area contributed by atoms with Gasteiger partial charge in [0.25, 0.3) is 0 Å². The lowest BCUT2D eigenvalue weighted by Crippen LogP contribution is -2.21. The molecule has 1 atom stereocenters. The SMILES string of the molecule is CC(NCc1cc(C#N)ccc1F)c1nncn1C. The highest BCUT2D eigenvalue weighted by Gasteiger charge is 2.12. The normalized spacial score (nSPS) is 12.1. The number of hydrogen-bond acceptors (Lipinski definition) is 4. The Morgan fingerprint density at radius 2 is 2.32 bits per heavy atom. The third-order valence-corrected chi connectivity index (χ3v) is 2.91. The van der Waals surface area contributed by atoms with Crippen LogP contribution in [-0.4, -0.2) is 14.8 Å². The van der Waals surface area contributed by atoms with Crippen molar-refractivity contribution in [1.29, 1.82) is 5.26 Å². The first-order valence-electron chi connectivity index (χ1n) is 5.87. The Hall–Kier alpha value is -2.26. The fourth-order valence-electron chi connectivity index (χ4n) is 1.82. The third kappa shape index (κ3) is 2.95. The highest BCUT2D eigenvalue weighted by atomic mass is 19.1. The van der Waals surface area contributed by atoms with Crippen molar-refractivity contribution >= 4 is 0 Å². The van der Waals surface area contributed by atoms with Gasteiger partial charge >= 0.3 is 0 Å². The van der Waals surface area contributed by atoms with Crippen LogP contribution in [0.1, 0.15) is 29.9 Å². The summed E-state index contributed by atoms with van der Waals surface area (Å²) >= 11 is 0. The molecule has 1 unspecified atom stereocenters. The standard InChI is InChI=1S/C13H14FN5/c1-9(13-18-17-8-19(13)2)16-7-11-5-10(6-15)3-4-12(11)14/h3-5,8-9,16H,7H2,1-2H3. The van der Waals surface area contributed by atoms with Crippen molar-refractivity contribution in [2.45, 2.75) is 19.5 Å². The van der Waals surface area contributed by atoms with E-state index in [1.807, 2.05) is 20.0 Å². The van der Waals surface area contributed by atoms with Gasteiger partial charge in [-0.3, -0.25) is 0 Å². The minimum absolute atomic E-state index is 0.0577. The van der Waals surface area contributed by atoms with Gasteiger partial charge in [-0.1, -0.05) is 0 Å². The molecule has 0 saturated heterocycles. The molecule has 0 saturated carbocycles. The van der Waals surface area contributed by atoms with Gasteiger partial charge in [-0.25, -0.2) is 4.39 Å². The van der Waals surface area contributed by atoms with Crippen molar-refractivity contribution in [1.82, 2.24) is 20.1 Å². The van der Waals surface area contributed by atoms with Gasteiger partial charge in [0, 0.05) is 19.2 Å². The monoisotopic (exact) mass is 259 g/mol. The van der Waals surface area contributed by atoms with Crippen molar-refractivity contribution < 1.29 is 4.39 Å². The van der Waals surface area contributed by atoms with E-state index in [-0.39, 0.29) is 11.9 Å². The number of nitrogens with one attached hydrogen (secondary N) is 1. The number of halogens is 1. The second-order valence-corrected chi connectivity index (χ2v) is 4.32. The predicted molar refractivity (Wildman–Crippen MR) is 67.4 cm³/mol. The maximum atomic E-state index is 13.6. The molecule has 2 rings (SSSR count). The molecular weight excluding hydrogens is 245 g/mol. The van der Waals surface area contributed by atoms with Crippen LogP contribution in [0.5, 0.6) is 0 Å². The molecule has 0 aliphatic heterocycles. The van der Waals surface area contributed by atoms with E-state index < -0.39 is 0 Å². The second-order valence-electron chi connectivity index (χ2n) is 4.32. The zero-order valence-corrected chi connectivity index (χ0v) is 10.8. The molecule has 0 aliphatic carbocycles. The molecule has 19 heavy (non-hydrogen) atoms. The summed E-state index contributed by atoms with van der Waals surface area (Å²) in [5.41, 5.74) is 0.914. The summed E-state index contributed by atoms with van der Waals surface area (Å²) < 4.78 is 15.4. The van der Waals surface area contributed by atoms with E-state index in [2.05, 4.69) is 15.5 Å². The minimum Gasteiger partial charge on any atom is -0.319 e. The van der Waals surface area contributed by atoms with Crippen molar-refractivity contribution in [3.05, 3.63) is 47.3 Å². The Morgan fingerprint density at radius 1 is 1.53 bits per heavy atom. The van der Waals surface area contributed by atoms with Crippen LogP contribution in [0.15, 0.2) is 24.5 Å². The molecule has 0 aliphatic rings. The highest BCUT2D eigenvalue weighted by Crippen LogP contribution is 2.13. The van der Waals surface area contributed by atoms with Crippen LogP contribution in [-0.2, 0) is 13.6 Å². The molecule has 0 radical (unpaired) electrons. The van der Waals surface area contributed by atoms with Crippen molar-refractivity contribution in [2.75, 3.05) is 0 Å². The molecular formula is C13H14FN5. The maximum absolute atomic E-state index is 13.6. The molecule has 98 valence electrons. The molecule has 6 heteroatoms. The van der Waals surface area contributed by atoms with Crippen molar-refractivity contribution in [3.8, 4) is 6.07 Å². The van der Waals surface area contributed by atoms with Crippen LogP contribution in [0.3, 0.4) is 0 Å².